The molecule has 0 spiro atoms. The van der Waals surface area contributed by atoms with Crippen LogP contribution in [0, 0.1) is 26.7 Å². The number of ether oxygens (including phenoxy) is 1. The van der Waals surface area contributed by atoms with Gasteiger partial charge in [0.15, 0.2) is 0 Å². The zero-order valence-electron chi connectivity index (χ0n) is 12.5. The van der Waals surface area contributed by atoms with Gasteiger partial charge in [-0.25, -0.2) is 0 Å². The molecule has 3 nitrogen and oxygen atoms in total. The summed E-state index contributed by atoms with van der Waals surface area (Å²) in [5.41, 5.74) is 11.4. The van der Waals surface area contributed by atoms with Gasteiger partial charge in [-0.05, 0) is 69.3 Å². The van der Waals surface area contributed by atoms with E-state index < -0.39 is 0 Å². The summed E-state index contributed by atoms with van der Waals surface area (Å²) in [4.78, 5) is 0. The van der Waals surface area contributed by atoms with Gasteiger partial charge in [0, 0.05) is 11.6 Å². The maximum atomic E-state index is 6.46. The monoisotopic (exact) mass is 262 g/mol. The van der Waals surface area contributed by atoms with Crippen LogP contribution in [0.25, 0.3) is 0 Å². The highest BCUT2D eigenvalue weighted by molar-refractivity contribution is 5.51. The minimum Gasteiger partial charge on any atom is -0.496 e. The molecule has 2 unspecified atom stereocenters. The Kier molecular flexibility index (Phi) is 4.48. The van der Waals surface area contributed by atoms with Gasteiger partial charge in [0.2, 0.25) is 0 Å². The molecule has 2 atom stereocenters. The molecule has 0 bridgehead atoms. The van der Waals surface area contributed by atoms with Crippen LogP contribution in [0.4, 0.5) is 0 Å². The number of nitrogens with one attached hydrogen (secondary N) is 1. The van der Waals surface area contributed by atoms with Crippen molar-refractivity contribution in [2.75, 3.05) is 20.2 Å². The highest BCUT2D eigenvalue weighted by Gasteiger charge is 2.23. The molecular formula is C16H26N2O. The first-order chi connectivity index (χ1) is 9.04. The van der Waals surface area contributed by atoms with Gasteiger partial charge in [0.05, 0.1) is 7.11 Å². The molecule has 0 aromatic heterocycles. The van der Waals surface area contributed by atoms with E-state index in [0.29, 0.717) is 5.92 Å². The summed E-state index contributed by atoms with van der Waals surface area (Å²) in [6.07, 6.45) is 2.27. The fourth-order valence-corrected chi connectivity index (χ4v) is 3.19. The normalized spacial score (nSPS) is 20.6. The third kappa shape index (κ3) is 2.93. The quantitative estimate of drug-likeness (QED) is 0.877. The molecule has 106 valence electrons. The Morgan fingerprint density at radius 1 is 1.37 bits per heavy atom. The predicted molar refractivity (Wildman–Crippen MR) is 79.7 cm³/mol. The highest BCUT2D eigenvalue weighted by atomic mass is 16.5. The number of hydrogen-bond acceptors (Lipinski definition) is 3. The molecule has 1 aliphatic rings. The van der Waals surface area contributed by atoms with E-state index in [1.807, 2.05) is 0 Å². The van der Waals surface area contributed by atoms with Gasteiger partial charge in [-0.2, -0.15) is 0 Å². The first-order valence-electron chi connectivity index (χ1n) is 7.15. The summed E-state index contributed by atoms with van der Waals surface area (Å²) < 4.78 is 5.63. The number of methoxy groups -OCH3 is 1. The van der Waals surface area contributed by atoms with Crippen molar-refractivity contribution in [3.05, 3.63) is 28.3 Å². The molecule has 3 N–H and O–H groups in total. The van der Waals surface area contributed by atoms with E-state index in [9.17, 15) is 0 Å². The van der Waals surface area contributed by atoms with Gasteiger partial charge in [-0.1, -0.05) is 6.07 Å². The third-order valence-corrected chi connectivity index (χ3v) is 4.36. The van der Waals surface area contributed by atoms with Gasteiger partial charge in [-0.3, -0.25) is 0 Å². The van der Waals surface area contributed by atoms with E-state index in [0.717, 1.165) is 25.3 Å². The lowest BCUT2D eigenvalue weighted by Gasteiger charge is -2.23. The molecule has 0 saturated carbocycles. The maximum absolute atomic E-state index is 6.46. The Bertz CT molecular complexity index is 451. The van der Waals surface area contributed by atoms with Crippen molar-refractivity contribution in [2.45, 2.75) is 39.7 Å². The summed E-state index contributed by atoms with van der Waals surface area (Å²) in [6.45, 7) is 8.60. The zero-order chi connectivity index (χ0) is 14.0. The Hall–Kier alpha value is -1.06. The van der Waals surface area contributed by atoms with Crippen LogP contribution in [0.1, 0.15) is 41.1 Å². The average Bonchev–Trinajstić information content (AvgIpc) is 2.85. The van der Waals surface area contributed by atoms with Crippen molar-refractivity contribution in [1.82, 2.24) is 5.32 Å². The van der Waals surface area contributed by atoms with Gasteiger partial charge in [0.1, 0.15) is 5.75 Å². The molecule has 0 amide bonds. The molecule has 1 heterocycles. The third-order valence-electron chi connectivity index (χ3n) is 4.36. The van der Waals surface area contributed by atoms with Crippen molar-refractivity contribution in [3.63, 3.8) is 0 Å². The second-order valence-electron chi connectivity index (χ2n) is 5.78. The van der Waals surface area contributed by atoms with Gasteiger partial charge < -0.3 is 15.8 Å². The Balaban J connectivity index is 2.29. The molecular weight excluding hydrogens is 236 g/mol. The number of hydrogen-bond donors (Lipinski definition) is 2. The van der Waals surface area contributed by atoms with Crippen LogP contribution in [0.5, 0.6) is 5.75 Å². The van der Waals surface area contributed by atoms with Crippen molar-refractivity contribution >= 4 is 0 Å². The number of nitrogens with two attached hydrogens (primary N) is 1. The maximum Gasteiger partial charge on any atom is 0.127 e. The van der Waals surface area contributed by atoms with Crippen LogP contribution in [0.3, 0.4) is 0 Å². The minimum absolute atomic E-state index is 0.0687. The SMILES string of the molecule is COc1c(C)c(C)cc(C)c1C(N)CC1CCNC1. The van der Waals surface area contributed by atoms with E-state index in [-0.39, 0.29) is 6.04 Å². The van der Waals surface area contributed by atoms with E-state index in [4.69, 9.17) is 10.5 Å². The van der Waals surface area contributed by atoms with E-state index in [1.165, 1.54) is 28.7 Å². The Morgan fingerprint density at radius 2 is 2.11 bits per heavy atom. The molecule has 1 aliphatic heterocycles. The topological polar surface area (TPSA) is 47.3 Å². The Morgan fingerprint density at radius 3 is 2.68 bits per heavy atom. The molecule has 0 aliphatic carbocycles. The molecule has 1 aromatic carbocycles. The average molecular weight is 262 g/mol. The summed E-state index contributed by atoms with van der Waals surface area (Å²) in [7, 11) is 1.74. The van der Waals surface area contributed by atoms with E-state index in [2.05, 4.69) is 32.2 Å². The van der Waals surface area contributed by atoms with Crippen molar-refractivity contribution in [2.24, 2.45) is 11.7 Å². The molecule has 3 heteroatoms. The van der Waals surface area contributed by atoms with Crippen molar-refractivity contribution < 1.29 is 4.74 Å². The standard InChI is InChI=1S/C16H26N2O/c1-10-7-11(2)15(16(19-4)12(10)3)14(17)8-13-5-6-18-9-13/h7,13-14,18H,5-6,8-9,17H2,1-4H3. The van der Waals surface area contributed by atoms with Gasteiger partial charge >= 0.3 is 0 Å². The van der Waals surface area contributed by atoms with Crippen LogP contribution in [0.15, 0.2) is 6.07 Å². The second kappa shape index (κ2) is 5.93. The first-order valence-corrected chi connectivity index (χ1v) is 7.15. The first kappa shape index (κ1) is 14.4. The largest absolute Gasteiger partial charge is 0.496 e. The molecule has 19 heavy (non-hydrogen) atoms. The molecule has 1 aromatic rings. The molecule has 1 fully saturated rings. The van der Waals surface area contributed by atoms with E-state index in [1.54, 1.807) is 7.11 Å². The van der Waals surface area contributed by atoms with Crippen LogP contribution >= 0.6 is 0 Å². The smallest absolute Gasteiger partial charge is 0.127 e. The van der Waals surface area contributed by atoms with Crippen LogP contribution in [0.2, 0.25) is 0 Å². The van der Waals surface area contributed by atoms with Gasteiger partial charge in [-0.15, -0.1) is 0 Å². The van der Waals surface area contributed by atoms with Gasteiger partial charge in [0.25, 0.3) is 0 Å². The fourth-order valence-electron chi connectivity index (χ4n) is 3.19. The summed E-state index contributed by atoms with van der Waals surface area (Å²) in [6, 6.07) is 2.29. The second-order valence-corrected chi connectivity index (χ2v) is 5.78. The lowest BCUT2D eigenvalue weighted by atomic mass is 9.89. The van der Waals surface area contributed by atoms with E-state index >= 15 is 0 Å². The molecule has 1 saturated heterocycles. The lowest BCUT2D eigenvalue weighted by Crippen LogP contribution is -2.19. The Labute approximate surface area is 116 Å². The zero-order valence-corrected chi connectivity index (χ0v) is 12.5. The van der Waals surface area contributed by atoms with Crippen LogP contribution in [-0.4, -0.2) is 20.2 Å². The van der Waals surface area contributed by atoms with Crippen LogP contribution in [-0.2, 0) is 0 Å². The minimum atomic E-state index is 0.0687. The number of benzene rings is 1. The summed E-state index contributed by atoms with van der Waals surface area (Å²) in [5.74, 6) is 1.68. The molecule has 2 rings (SSSR count). The predicted octanol–water partition coefficient (Wildman–Crippen LogP) is 2.62. The van der Waals surface area contributed by atoms with Crippen molar-refractivity contribution in [3.8, 4) is 5.75 Å². The number of aryl methyl sites for hydroxylation is 2. The molecule has 0 radical (unpaired) electrons. The summed E-state index contributed by atoms with van der Waals surface area (Å²) in [5, 5.41) is 3.41. The highest BCUT2D eigenvalue weighted by Crippen LogP contribution is 2.36. The van der Waals surface area contributed by atoms with Crippen molar-refractivity contribution in [1.29, 1.82) is 0 Å². The number of rotatable bonds is 4. The van der Waals surface area contributed by atoms with Crippen LogP contribution < -0.4 is 15.8 Å². The summed E-state index contributed by atoms with van der Waals surface area (Å²) >= 11 is 0. The fraction of sp³-hybridized carbons (Fsp3) is 0.625. The lowest BCUT2D eigenvalue weighted by molar-refractivity contribution is 0.392.